The van der Waals surface area contributed by atoms with Crippen LogP contribution >= 0.6 is 0 Å². The van der Waals surface area contributed by atoms with Crippen LogP contribution in [0.3, 0.4) is 0 Å². The van der Waals surface area contributed by atoms with E-state index in [0.717, 1.165) is 50.9 Å². The highest BCUT2D eigenvalue weighted by atomic mass is 16.5. The van der Waals surface area contributed by atoms with Gasteiger partial charge in [0.2, 0.25) is 5.91 Å². The van der Waals surface area contributed by atoms with Gasteiger partial charge in [0, 0.05) is 25.0 Å². The lowest BCUT2D eigenvalue weighted by atomic mass is 10.2. The van der Waals surface area contributed by atoms with Crippen LogP contribution in [0.2, 0.25) is 0 Å². The Labute approximate surface area is 143 Å². The molecular weight excluding hydrogens is 306 g/mol. The van der Waals surface area contributed by atoms with Gasteiger partial charge in [-0.1, -0.05) is 0 Å². The molecule has 0 N–H and O–H groups in total. The van der Waals surface area contributed by atoms with E-state index in [1.54, 1.807) is 0 Å². The lowest BCUT2D eigenvalue weighted by Gasteiger charge is -2.20. The number of nitrogens with zero attached hydrogens (tertiary/aromatic N) is 5. The summed E-state index contributed by atoms with van der Waals surface area (Å²) >= 11 is 0. The van der Waals surface area contributed by atoms with Crippen molar-refractivity contribution in [3.8, 4) is 0 Å². The van der Waals surface area contributed by atoms with Crippen LogP contribution in [0.5, 0.6) is 0 Å². The Balaban J connectivity index is 1.46. The molecule has 1 saturated heterocycles. The van der Waals surface area contributed by atoms with Gasteiger partial charge >= 0.3 is 0 Å². The van der Waals surface area contributed by atoms with Crippen LogP contribution in [0.4, 0.5) is 0 Å². The summed E-state index contributed by atoms with van der Waals surface area (Å²) in [5.74, 6) is 3.36. The molecule has 0 spiro atoms. The normalized spacial score (nSPS) is 28.9. The van der Waals surface area contributed by atoms with Crippen molar-refractivity contribution in [1.82, 2.24) is 24.6 Å². The van der Waals surface area contributed by atoms with Crippen LogP contribution < -0.4 is 0 Å². The second-order valence-corrected chi connectivity index (χ2v) is 7.70. The summed E-state index contributed by atoms with van der Waals surface area (Å²) in [5, 5.41) is 8.77. The number of carbonyl (C=O) groups excluding carboxylic acids is 1. The third-order valence-corrected chi connectivity index (χ3v) is 5.87. The Bertz CT molecular complexity index is 618. The van der Waals surface area contributed by atoms with Crippen LogP contribution in [0, 0.1) is 17.8 Å². The highest BCUT2D eigenvalue weighted by molar-refractivity contribution is 5.82. The molecule has 132 valence electrons. The van der Waals surface area contributed by atoms with Crippen LogP contribution in [0.15, 0.2) is 0 Å². The van der Waals surface area contributed by atoms with Gasteiger partial charge in [0.25, 0.3) is 0 Å². The molecule has 3 aliphatic rings. The van der Waals surface area contributed by atoms with Gasteiger partial charge in [-0.3, -0.25) is 9.69 Å². The monoisotopic (exact) mass is 333 g/mol. The topological polar surface area (TPSA) is 63.5 Å². The number of hydrogen-bond donors (Lipinski definition) is 0. The molecule has 7 heteroatoms. The van der Waals surface area contributed by atoms with Crippen molar-refractivity contribution in [2.75, 3.05) is 26.8 Å². The predicted molar refractivity (Wildman–Crippen MR) is 87.9 cm³/mol. The summed E-state index contributed by atoms with van der Waals surface area (Å²) in [6.07, 6.45) is 0.966. The molecule has 0 aromatic carbocycles. The highest BCUT2D eigenvalue weighted by Crippen LogP contribution is 2.51. The van der Waals surface area contributed by atoms with E-state index in [2.05, 4.69) is 40.6 Å². The van der Waals surface area contributed by atoms with Gasteiger partial charge < -0.3 is 14.2 Å². The highest BCUT2D eigenvalue weighted by Gasteiger charge is 2.58. The Kier molecular flexibility index (Phi) is 4.08. The standard InChI is InChI=1S/C17H27N5O2/c1-11(2)20(3)7-14-18-19-15-8-21(5-4-6-22(14)15)17(23)16-12-9-24-10-13(12)16/h11-13,16H,4-10H2,1-3H3/t12-,13+,16?. The van der Waals surface area contributed by atoms with Crippen molar-refractivity contribution in [1.29, 1.82) is 0 Å². The molecule has 7 nitrogen and oxygen atoms in total. The first kappa shape index (κ1) is 16.0. The summed E-state index contributed by atoms with van der Waals surface area (Å²) in [5.41, 5.74) is 0. The van der Waals surface area contributed by atoms with Crippen LogP contribution in [0.25, 0.3) is 0 Å². The maximum Gasteiger partial charge on any atom is 0.226 e. The molecule has 1 amide bonds. The molecule has 3 atom stereocenters. The van der Waals surface area contributed by atoms with Crippen molar-refractivity contribution in [3.63, 3.8) is 0 Å². The summed E-state index contributed by atoms with van der Waals surface area (Å²) in [4.78, 5) is 17.1. The van der Waals surface area contributed by atoms with Crippen molar-refractivity contribution < 1.29 is 9.53 Å². The minimum atomic E-state index is 0.194. The van der Waals surface area contributed by atoms with E-state index in [9.17, 15) is 4.79 Å². The van der Waals surface area contributed by atoms with Crippen LogP contribution in [-0.2, 0) is 29.2 Å². The van der Waals surface area contributed by atoms with Crippen molar-refractivity contribution in [2.45, 2.75) is 45.9 Å². The minimum absolute atomic E-state index is 0.194. The Morgan fingerprint density at radius 2 is 2.04 bits per heavy atom. The van der Waals surface area contributed by atoms with Gasteiger partial charge in [-0.05, 0) is 39.2 Å². The van der Waals surface area contributed by atoms with Gasteiger partial charge in [-0.15, -0.1) is 10.2 Å². The predicted octanol–water partition coefficient (Wildman–Crippen LogP) is 0.743. The minimum Gasteiger partial charge on any atom is -0.381 e. The quantitative estimate of drug-likeness (QED) is 0.813. The molecule has 0 bridgehead atoms. The molecule has 0 radical (unpaired) electrons. The van der Waals surface area contributed by atoms with Crippen molar-refractivity contribution >= 4 is 5.91 Å². The van der Waals surface area contributed by atoms with E-state index < -0.39 is 0 Å². The summed E-state index contributed by atoms with van der Waals surface area (Å²) < 4.78 is 7.62. The lowest BCUT2D eigenvalue weighted by Crippen LogP contribution is -2.33. The van der Waals surface area contributed by atoms with Crippen molar-refractivity contribution in [3.05, 3.63) is 11.6 Å². The van der Waals surface area contributed by atoms with Gasteiger partial charge in [-0.25, -0.2) is 0 Å². The van der Waals surface area contributed by atoms with Gasteiger partial charge in [-0.2, -0.15) is 0 Å². The first-order chi connectivity index (χ1) is 11.6. The zero-order chi connectivity index (χ0) is 16.8. The maximum atomic E-state index is 12.8. The molecule has 2 aliphatic heterocycles. The molecular formula is C17H27N5O2. The largest absolute Gasteiger partial charge is 0.381 e. The van der Waals surface area contributed by atoms with Gasteiger partial charge in [0.05, 0.1) is 26.3 Å². The number of amides is 1. The molecule has 1 saturated carbocycles. The number of carbonyl (C=O) groups is 1. The number of fused-ring (bicyclic) bond motifs is 2. The average molecular weight is 333 g/mol. The van der Waals surface area contributed by atoms with E-state index in [4.69, 9.17) is 4.74 Å². The fraction of sp³-hybridized carbons (Fsp3) is 0.824. The molecule has 4 rings (SSSR count). The molecule has 3 heterocycles. The van der Waals surface area contributed by atoms with E-state index in [-0.39, 0.29) is 5.92 Å². The summed E-state index contributed by atoms with van der Waals surface area (Å²) in [6.45, 7) is 8.98. The summed E-state index contributed by atoms with van der Waals surface area (Å²) in [6, 6.07) is 0.471. The zero-order valence-electron chi connectivity index (χ0n) is 14.8. The fourth-order valence-electron chi connectivity index (χ4n) is 3.94. The first-order valence-electron chi connectivity index (χ1n) is 9.04. The van der Waals surface area contributed by atoms with E-state index in [0.29, 0.717) is 30.3 Å². The van der Waals surface area contributed by atoms with Crippen molar-refractivity contribution in [2.24, 2.45) is 17.8 Å². The maximum absolute atomic E-state index is 12.8. The third kappa shape index (κ3) is 2.73. The molecule has 2 fully saturated rings. The molecule has 1 unspecified atom stereocenters. The summed E-state index contributed by atoms with van der Waals surface area (Å²) in [7, 11) is 2.10. The van der Waals surface area contributed by atoms with E-state index in [1.165, 1.54) is 0 Å². The number of ether oxygens (including phenoxy) is 1. The third-order valence-electron chi connectivity index (χ3n) is 5.87. The smallest absolute Gasteiger partial charge is 0.226 e. The Hall–Kier alpha value is -1.47. The number of hydrogen-bond acceptors (Lipinski definition) is 5. The molecule has 1 aromatic heterocycles. The second kappa shape index (κ2) is 6.11. The first-order valence-corrected chi connectivity index (χ1v) is 9.04. The number of aromatic nitrogens is 3. The molecule has 1 aliphatic carbocycles. The van der Waals surface area contributed by atoms with E-state index >= 15 is 0 Å². The molecule has 24 heavy (non-hydrogen) atoms. The Morgan fingerprint density at radius 1 is 1.29 bits per heavy atom. The number of rotatable bonds is 4. The van der Waals surface area contributed by atoms with Gasteiger partial charge in [0.15, 0.2) is 5.82 Å². The second-order valence-electron chi connectivity index (χ2n) is 7.70. The zero-order valence-corrected chi connectivity index (χ0v) is 14.8. The Morgan fingerprint density at radius 3 is 2.75 bits per heavy atom. The fourth-order valence-corrected chi connectivity index (χ4v) is 3.94. The lowest BCUT2D eigenvalue weighted by molar-refractivity contribution is -0.134. The average Bonchev–Trinajstić information content (AvgIpc) is 2.92. The molecule has 1 aromatic rings. The SMILES string of the molecule is CC(C)N(C)Cc1nnc2n1CCCN(C(=O)C1[C@H]3COC[C@@H]13)C2. The van der Waals surface area contributed by atoms with Gasteiger partial charge in [0.1, 0.15) is 5.82 Å². The van der Waals surface area contributed by atoms with Crippen LogP contribution in [0.1, 0.15) is 31.9 Å². The van der Waals surface area contributed by atoms with Crippen LogP contribution in [-0.4, -0.2) is 63.3 Å². The van der Waals surface area contributed by atoms with E-state index in [1.807, 2.05) is 4.90 Å².